The average Bonchev–Trinajstić information content (AvgIpc) is 3.15. The normalized spacial score (nSPS) is 12.4. The molecule has 3 aromatic carbocycles. The van der Waals surface area contributed by atoms with Crippen molar-refractivity contribution in [2.24, 2.45) is 0 Å². The van der Waals surface area contributed by atoms with E-state index in [1.54, 1.807) is 17.9 Å². The third kappa shape index (κ3) is 4.14. The number of anilines is 2. The van der Waals surface area contributed by atoms with Crippen LogP contribution in [0.2, 0.25) is 0 Å². The molecule has 0 aromatic heterocycles. The monoisotopic (exact) mass is 386 g/mol. The number of benzene rings is 3. The lowest BCUT2D eigenvalue weighted by atomic mass is 10.1. The summed E-state index contributed by atoms with van der Waals surface area (Å²) >= 11 is 0. The molecule has 0 fully saturated rings. The van der Waals surface area contributed by atoms with Crippen LogP contribution >= 0.6 is 0 Å². The fourth-order valence-corrected chi connectivity index (χ4v) is 3.42. The largest absolute Gasteiger partial charge is 0.457 e. The minimum absolute atomic E-state index is 0.0221. The minimum Gasteiger partial charge on any atom is -0.457 e. The Hall–Kier alpha value is -3.60. The third-order valence-electron chi connectivity index (χ3n) is 4.99. The molecule has 29 heavy (non-hydrogen) atoms. The predicted octanol–water partition coefficient (Wildman–Crippen LogP) is 4.95. The zero-order valence-electron chi connectivity index (χ0n) is 16.4. The molecule has 2 amide bonds. The summed E-state index contributed by atoms with van der Waals surface area (Å²) in [6.45, 7) is 4.25. The Morgan fingerprint density at radius 2 is 1.59 bits per heavy atom. The van der Waals surface area contributed by atoms with Crippen molar-refractivity contribution in [3.05, 3.63) is 83.4 Å². The van der Waals surface area contributed by atoms with Gasteiger partial charge in [0.2, 0.25) is 5.91 Å². The van der Waals surface area contributed by atoms with Gasteiger partial charge in [-0.3, -0.25) is 9.59 Å². The van der Waals surface area contributed by atoms with Gasteiger partial charge in [0.15, 0.2) is 0 Å². The smallest absolute Gasteiger partial charge is 0.255 e. The fraction of sp³-hybridized carbons (Fsp3) is 0.167. The van der Waals surface area contributed by atoms with Crippen LogP contribution in [0.15, 0.2) is 66.7 Å². The lowest BCUT2D eigenvalue weighted by Gasteiger charge is -2.14. The van der Waals surface area contributed by atoms with Crippen molar-refractivity contribution in [3.63, 3.8) is 0 Å². The lowest BCUT2D eigenvalue weighted by Crippen LogP contribution is -2.25. The number of amides is 2. The van der Waals surface area contributed by atoms with Crippen molar-refractivity contribution < 1.29 is 14.3 Å². The molecular weight excluding hydrogens is 364 g/mol. The van der Waals surface area contributed by atoms with Gasteiger partial charge in [0.05, 0.1) is 0 Å². The van der Waals surface area contributed by atoms with Crippen LogP contribution < -0.4 is 15.0 Å². The maximum Gasteiger partial charge on any atom is 0.255 e. The van der Waals surface area contributed by atoms with Crippen molar-refractivity contribution in [1.82, 2.24) is 0 Å². The number of rotatable bonds is 4. The van der Waals surface area contributed by atoms with Crippen LogP contribution in [-0.2, 0) is 11.2 Å². The number of nitrogens with zero attached hydrogens (tertiary/aromatic N) is 1. The molecule has 5 heteroatoms. The topological polar surface area (TPSA) is 58.6 Å². The van der Waals surface area contributed by atoms with Crippen molar-refractivity contribution in [2.45, 2.75) is 20.3 Å². The van der Waals surface area contributed by atoms with Crippen LogP contribution in [-0.4, -0.2) is 18.4 Å². The Labute approximate surface area is 169 Å². The van der Waals surface area contributed by atoms with Gasteiger partial charge in [-0.2, -0.15) is 0 Å². The van der Waals surface area contributed by atoms with E-state index in [0.717, 1.165) is 23.4 Å². The number of ether oxygens (including phenoxy) is 1. The summed E-state index contributed by atoms with van der Waals surface area (Å²) in [5.74, 6) is 1.31. The van der Waals surface area contributed by atoms with Gasteiger partial charge in [-0.1, -0.05) is 17.7 Å². The SMILES string of the molecule is CC(=O)N1CCc2cc(C(=O)Nc3ccc(Oc4ccc(C)cc4)cc3)ccc21. The zero-order valence-corrected chi connectivity index (χ0v) is 16.4. The molecule has 1 aliphatic heterocycles. The molecule has 0 aliphatic carbocycles. The average molecular weight is 386 g/mol. The number of carbonyl (C=O) groups excluding carboxylic acids is 2. The van der Waals surface area contributed by atoms with Crippen LogP contribution in [0.3, 0.4) is 0 Å². The molecule has 0 spiro atoms. The molecule has 0 saturated heterocycles. The molecule has 5 nitrogen and oxygen atoms in total. The molecule has 0 bridgehead atoms. The highest BCUT2D eigenvalue weighted by Crippen LogP contribution is 2.29. The Balaban J connectivity index is 1.42. The van der Waals surface area contributed by atoms with Gasteiger partial charge in [0.25, 0.3) is 5.91 Å². The van der Waals surface area contributed by atoms with E-state index in [1.165, 1.54) is 5.56 Å². The van der Waals surface area contributed by atoms with Gasteiger partial charge < -0.3 is 15.0 Å². The molecule has 4 rings (SSSR count). The van der Waals surface area contributed by atoms with Crippen LogP contribution in [0.1, 0.15) is 28.4 Å². The van der Waals surface area contributed by atoms with Gasteiger partial charge in [-0.05, 0) is 73.5 Å². The van der Waals surface area contributed by atoms with E-state index >= 15 is 0 Å². The van der Waals surface area contributed by atoms with E-state index < -0.39 is 0 Å². The van der Waals surface area contributed by atoms with Crippen molar-refractivity contribution in [3.8, 4) is 11.5 Å². The summed E-state index contributed by atoms with van der Waals surface area (Å²) in [5, 5.41) is 2.91. The third-order valence-corrected chi connectivity index (χ3v) is 4.99. The molecule has 0 saturated carbocycles. The second kappa shape index (κ2) is 7.80. The zero-order chi connectivity index (χ0) is 20.4. The highest BCUT2D eigenvalue weighted by molar-refractivity contribution is 6.05. The van der Waals surface area contributed by atoms with Gasteiger partial charge in [-0.15, -0.1) is 0 Å². The van der Waals surface area contributed by atoms with E-state index in [1.807, 2.05) is 67.6 Å². The standard InChI is InChI=1S/C24H22N2O3/c1-16-3-8-21(9-4-16)29-22-10-6-20(7-11-22)25-24(28)19-5-12-23-18(15-19)13-14-26(23)17(2)27/h3-12,15H,13-14H2,1-2H3,(H,25,28). The first-order chi connectivity index (χ1) is 14.0. The first-order valence-electron chi connectivity index (χ1n) is 9.56. The fourth-order valence-electron chi connectivity index (χ4n) is 3.42. The van der Waals surface area contributed by atoms with Gasteiger partial charge in [0.1, 0.15) is 11.5 Å². The second-order valence-electron chi connectivity index (χ2n) is 7.16. The number of aryl methyl sites for hydroxylation is 1. The first kappa shape index (κ1) is 18.7. The van der Waals surface area contributed by atoms with Crippen LogP contribution in [0.4, 0.5) is 11.4 Å². The van der Waals surface area contributed by atoms with Crippen LogP contribution in [0, 0.1) is 6.92 Å². The summed E-state index contributed by atoms with van der Waals surface area (Å²) in [7, 11) is 0. The Kier molecular flexibility index (Phi) is 5.04. The molecular formula is C24H22N2O3. The summed E-state index contributed by atoms with van der Waals surface area (Å²) < 4.78 is 5.81. The Morgan fingerprint density at radius 1 is 0.931 bits per heavy atom. The van der Waals surface area contributed by atoms with Crippen molar-refractivity contribution >= 4 is 23.2 Å². The molecule has 0 radical (unpaired) electrons. The molecule has 0 atom stereocenters. The summed E-state index contributed by atoms with van der Waals surface area (Å²) in [6.07, 6.45) is 0.765. The lowest BCUT2D eigenvalue weighted by molar-refractivity contribution is -0.116. The second-order valence-corrected chi connectivity index (χ2v) is 7.16. The van der Waals surface area contributed by atoms with E-state index in [4.69, 9.17) is 4.74 Å². The summed E-state index contributed by atoms with van der Waals surface area (Å²) in [6, 6.07) is 20.6. The summed E-state index contributed by atoms with van der Waals surface area (Å²) in [4.78, 5) is 26.0. The van der Waals surface area contributed by atoms with E-state index in [9.17, 15) is 9.59 Å². The minimum atomic E-state index is -0.179. The van der Waals surface area contributed by atoms with Crippen molar-refractivity contribution in [2.75, 3.05) is 16.8 Å². The molecule has 146 valence electrons. The van der Waals surface area contributed by atoms with Gasteiger partial charge in [0, 0.05) is 30.4 Å². The predicted molar refractivity (Wildman–Crippen MR) is 114 cm³/mol. The molecule has 3 aromatic rings. The Bertz CT molecular complexity index is 1060. The summed E-state index contributed by atoms with van der Waals surface area (Å²) in [5.41, 5.74) is 4.36. The maximum atomic E-state index is 12.6. The first-order valence-corrected chi connectivity index (χ1v) is 9.56. The maximum absolute atomic E-state index is 12.6. The number of fused-ring (bicyclic) bond motifs is 1. The van der Waals surface area contributed by atoms with E-state index in [0.29, 0.717) is 23.5 Å². The van der Waals surface area contributed by atoms with Gasteiger partial charge >= 0.3 is 0 Å². The Morgan fingerprint density at radius 3 is 2.24 bits per heavy atom. The van der Waals surface area contributed by atoms with E-state index in [2.05, 4.69) is 5.32 Å². The van der Waals surface area contributed by atoms with Gasteiger partial charge in [-0.25, -0.2) is 0 Å². The number of nitrogens with one attached hydrogen (secondary N) is 1. The van der Waals surface area contributed by atoms with Crippen LogP contribution in [0.5, 0.6) is 11.5 Å². The van der Waals surface area contributed by atoms with Crippen LogP contribution in [0.25, 0.3) is 0 Å². The molecule has 0 unspecified atom stereocenters. The molecule has 1 N–H and O–H groups in total. The number of hydrogen-bond donors (Lipinski definition) is 1. The molecule has 1 aliphatic rings. The van der Waals surface area contributed by atoms with Crippen molar-refractivity contribution in [1.29, 1.82) is 0 Å². The number of hydrogen-bond acceptors (Lipinski definition) is 3. The quantitative estimate of drug-likeness (QED) is 0.690. The highest BCUT2D eigenvalue weighted by Gasteiger charge is 2.23. The highest BCUT2D eigenvalue weighted by atomic mass is 16.5. The number of carbonyl (C=O) groups is 2. The molecule has 1 heterocycles. The van der Waals surface area contributed by atoms with E-state index in [-0.39, 0.29) is 11.8 Å².